The molecule has 55 heavy (non-hydrogen) atoms. The van der Waals surface area contributed by atoms with Crippen LogP contribution in [0.15, 0.2) is 12.1 Å². The lowest BCUT2D eigenvalue weighted by Gasteiger charge is -2.26. The maximum absolute atomic E-state index is 16.4. The van der Waals surface area contributed by atoms with Gasteiger partial charge in [0.2, 0.25) is 0 Å². The molecule has 0 saturated heterocycles. The maximum Gasteiger partial charge on any atom is 0.401 e. The summed E-state index contributed by atoms with van der Waals surface area (Å²) in [6.45, 7) is 0. The number of rotatable bonds is 3. The summed E-state index contributed by atoms with van der Waals surface area (Å²) in [6.07, 6.45) is 0. The topological polar surface area (TPSA) is 0 Å². The van der Waals surface area contributed by atoms with Crippen LogP contribution in [0.2, 0.25) is 0 Å². The van der Waals surface area contributed by atoms with Gasteiger partial charge in [0.05, 0.1) is 16.3 Å². The van der Waals surface area contributed by atoms with Gasteiger partial charge in [0.1, 0.15) is 0 Å². The summed E-state index contributed by atoms with van der Waals surface area (Å²) < 4.78 is 313. The van der Waals surface area contributed by atoms with Crippen molar-refractivity contribution in [3.05, 3.63) is 134 Å². The molecule has 1 aliphatic carbocycles. The molecule has 0 atom stereocenters. The van der Waals surface area contributed by atoms with E-state index >= 15 is 70.2 Å². The minimum Gasteiger partial charge on any atom is -0.205 e. The fourth-order valence-corrected chi connectivity index (χ4v) is 10.5. The molecule has 6 aromatic carbocycles. The molecule has 0 nitrogen and oxygen atoms in total. The monoisotopic (exact) mass is 824 g/mol. The van der Waals surface area contributed by atoms with Gasteiger partial charge in [0, 0.05) is 22.1 Å². The van der Waals surface area contributed by atoms with Gasteiger partial charge in [-0.25, -0.2) is 83.4 Å². The van der Waals surface area contributed by atoms with Gasteiger partial charge < -0.3 is 0 Å². The van der Waals surface area contributed by atoms with Crippen LogP contribution in [-0.2, 0) is 5.92 Å². The zero-order valence-electron chi connectivity index (χ0n) is 25.2. The molecule has 0 bridgehead atoms. The molecule has 284 valence electrons. The Morgan fingerprint density at radius 1 is 0.309 bits per heavy atom. The van der Waals surface area contributed by atoms with Crippen LogP contribution in [0.5, 0.6) is 0 Å². The van der Waals surface area contributed by atoms with Crippen molar-refractivity contribution >= 4 is 49.0 Å². The van der Waals surface area contributed by atoms with Crippen molar-refractivity contribution in [1.29, 1.82) is 0 Å². The highest BCUT2D eigenvalue weighted by Crippen LogP contribution is 2.55. The van der Waals surface area contributed by atoms with Gasteiger partial charge in [-0.15, -0.1) is 0 Å². The van der Waals surface area contributed by atoms with E-state index < -0.39 is 188 Å². The van der Waals surface area contributed by atoms with Crippen LogP contribution in [-0.4, -0.2) is 14.1 Å². The number of halogens is 21. The largest absolute Gasteiger partial charge is 0.401 e. The Kier molecular flexibility index (Phi) is 8.47. The number of hydrogen-bond acceptors (Lipinski definition) is 0. The Hall–Kier alpha value is -5.10. The lowest BCUT2D eigenvalue weighted by Crippen LogP contribution is -2.59. The second-order valence-electron chi connectivity index (χ2n) is 11.6. The van der Waals surface area contributed by atoms with E-state index in [-0.39, 0.29) is 12.1 Å². The molecule has 7 rings (SSSR count). The van der Waals surface area contributed by atoms with Crippen LogP contribution >= 0.6 is 0 Å². The predicted molar refractivity (Wildman–Crippen MR) is 147 cm³/mol. The summed E-state index contributed by atoms with van der Waals surface area (Å²) >= 11 is -6.55. The van der Waals surface area contributed by atoms with Crippen molar-refractivity contribution in [3.8, 4) is 11.1 Å². The predicted octanol–water partition coefficient (Wildman–Crippen LogP) is 9.27. The first kappa shape index (κ1) is 38.2. The highest BCUT2D eigenvalue weighted by Gasteiger charge is 2.57. The fourth-order valence-electron chi connectivity index (χ4n) is 6.74. The van der Waals surface area contributed by atoms with Crippen LogP contribution in [0.4, 0.5) is 92.2 Å². The zero-order valence-corrected chi connectivity index (χ0v) is 26.3. The SMILES string of the molecule is Fc1ccc2[c]([Al]([c]3c(F)c(F)c(F)c4c3C(F)(F)c3c(F)c(F)c(F)c(F)c3-4)[c]3c(F)c(F)c(F)c4c(F)c(F)c(F)c(F)c34)c(F)c(F)c(F)c2c1F. The molecule has 0 aliphatic heterocycles. The quantitative estimate of drug-likeness (QED) is 0.0723. The molecule has 0 N–H and O–H groups in total. The molecular weight excluding hydrogens is 822 g/mol. The first-order chi connectivity index (χ1) is 25.5. The average molecular weight is 824 g/mol. The van der Waals surface area contributed by atoms with Gasteiger partial charge in [0.25, 0.3) is 0 Å². The molecule has 0 unspecified atom stereocenters. The van der Waals surface area contributed by atoms with Crippen molar-refractivity contribution < 1.29 is 92.2 Å². The molecule has 0 aromatic heterocycles. The fraction of sp³-hybridized carbons (Fsp3) is 0.0303. The van der Waals surface area contributed by atoms with E-state index in [2.05, 4.69) is 0 Å². The first-order valence-corrected chi connectivity index (χ1v) is 16.0. The maximum atomic E-state index is 16.4. The molecule has 22 heteroatoms. The van der Waals surface area contributed by atoms with Gasteiger partial charge >= 0.3 is 20.1 Å². The Bertz CT molecular complexity index is 2790. The molecular formula is C33H2AlF21. The van der Waals surface area contributed by atoms with Gasteiger partial charge in [-0.3, -0.25) is 0 Å². The Morgan fingerprint density at radius 3 is 1.24 bits per heavy atom. The van der Waals surface area contributed by atoms with E-state index in [0.29, 0.717) is 0 Å². The third-order valence-electron chi connectivity index (χ3n) is 8.98. The summed E-state index contributed by atoms with van der Waals surface area (Å²) in [7, 11) is 0. The van der Waals surface area contributed by atoms with Crippen LogP contribution in [0, 0.1) is 111 Å². The van der Waals surface area contributed by atoms with Crippen molar-refractivity contribution in [1.82, 2.24) is 0 Å². The molecule has 0 spiro atoms. The Labute approximate surface area is 292 Å². The Balaban J connectivity index is 1.86. The summed E-state index contributed by atoms with van der Waals surface area (Å²) in [5.41, 5.74) is -10.7. The van der Waals surface area contributed by atoms with Crippen LogP contribution in [0.3, 0.4) is 0 Å². The molecule has 6 aromatic rings. The van der Waals surface area contributed by atoms with Crippen molar-refractivity contribution in [3.63, 3.8) is 0 Å². The second-order valence-corrected chi connectivity index (χ2v) is 14.2. The van der Waals surface area contributed by atoms with Gasteiger partial charge in [-0.2, -0.15) is 8.78 Å². The third-order valence-corrected chi connectivity index (χ3v) is 12.4. The van der Waals surface area contributed by atoms with E-state index in [4.69, 9.17) is 0 Å². The van der Waals surface area contributed by atoms with E-state index in [1.807, 2.05) is 0 Å². The minimum absolute atomic E-state index is 0.0408. The number of benzene rings is 6. The van der Waals surface area contributed by atoms with Crippen LogP contribution in [0.1, 0.15) is 11.1 Å². The average Bonchev–Trinajstić information content (AvgIpc) is 3.39. The Morgan fingerprint density at radius 2 is 0.691 bits per heavy atom. The number of alkyl halides is 2. The highest BCUT2D eigenvalue weighted by atomic mass is 27.2. The van der Waals surface area contributed by atoms with Gasteiger partial charge in [0.15, 0.2) is 111 Å². The number of fused-ring (bicyclic) bond motifs is 5. The van der Waals surface area contributed by atoms with Gasteiger partial charge in [-0.1, -0.05) is 19.3 Å². The van der Waals surface area contributed by atoms with E-state index in [9.17, 15) is 22.0 Å². The molecule has 1 aliphatic rings. The molecule has 0 saturated carbocycles. The smallest absolute Gasteiger partial charge is 0.205 e. The molecule has 0 fully saturated rings. The minimum atomic E-state index is -6.55. The standard InChI is InChI=1S/C13F9.C10F7.C10H2F5.Al/c14-3-1-2-4(8(16)7(3)15)5-6(13(2,21)22)10(18)12(20)11(19)9(5)17;11-3-1-2-4(7(14)6(3)13)8(15)10(17)9(16)5(2)12;11-5-2-1-4-3-6(12)9(14)10(15)7(4)8(5)13;/h;;1-2H;. The number of hydrogen-bond donors (Lipinski definition) is 0. The van der Waals surface area contributed by atoms with Gasteiger partial charge in [-0.05, 0) is 11.5 Å². The summed E-state index contributed by atoms with van der Waals surface area (Å²) in [5, 5.41) is -9.06. The van der Waals surface area contributed by atoms with E-state index in [0.717, 1.165) is 0 Å². The lowest BCUT2D eigenvalue weighted by atomic mass is 10.0. The first-order valence-electron chi connectivity index (χ1n) is 14.2. The molecule has 0 heterocycles. The zero-order chi connectivity index (χ0) is 40.8. The summed E-state index contributed by atoms with van der Waals surface area (Å²) in [4.78, 5) is 0. The second kappa shape index (κ2) is 12.2. The summed E-state index contributed by atoms with van der Waals surface area (Å²) in [6, 6.07) is -0.161. The van der Waals surface area contributed by atoms with Crippen molar-refractivity contribution in [2.45, 2.75) is 5.92 Å². The lowest BCUT2D eigenvalue weighted by molar-refractivity contribution is 0.0435. The van der Waals surface area contributed by atoms with Crippen LogP contribution in [0.25, 0.3) is 32.7 Å². The van der Waals surface area contributed by atoms with Crippen molar-refractivity contribution in [2.24, 2.45) is 0 Å². The molecule has 0 radical (unpaired) electrons. The third kappa shape index (κ3) is 4.66. The van der Waals surface area contributed by atoms with Crippen LogP contribution < -0.4 is 13.3 Å². The highest BCUT2D eigenvalue weighted by molar-refractivity contribution is 6.98. The van der Waals surface area contributed by atoms with E-state index in [1.54, 1.807) is 0 Å². The normalized spacial score (nSPS) is 13.3. The van der Waals surface area contributed by atoms with E-state index in [1.165, 1.54) is 0 Å². The van der Waals surface area contributed by atoms with Crippen molar-refractivity contribution in [2.75, 3.05) is 0 Å². The summed E-state index contributed by atoms with van der Waals surface area (Å²) in [5.74, 6) is -62.8. The molecule has 0 amide bonds.